The molecule has 1 heterocycles. The van der Waals surface area contributed by atoms with Gasteiger partial charge in [-0.3, -0.25) is 4.79 Å². The van der Waals surface area contributed by atoms with Crippen molar-refractivity contribution in [3.05, 3.63) is 63.2 Å². The van der Waals surface area contributed by atoms with Crippen LogP contribution in [0, 0.1) is 3.57 Å². The van der Waals surface area contributed by atoms with Crippen LogP contribution in [0.15, 0.2) is 48.5 Å². The maximum atomic E-state index is 12.3. The average molecular weight is 335 g/mol. The number of hydrogen-bond acceptors (Lipinski definition) is 1. The van der Waals surface area contributed by atoms with Crippen LogP contribution in [0.25, 0.3) is 0 Å². The predicted molar refractivity (Wildman–Crippen MR) is 76.1 cm³/mol. The van der Waals surface area contributed by atoms with E-state index in [0.717, 1.165) is 20.4 Å². The lowest BCUT2D eigenvalue weighted by Crippen LogP contribution is -2.22. The summed E-state index contributed by atoms with van der Waals surface area (Å²) in [7, 11) is 0. The number of fused-ring (bicyclic) bond motifs is 1. The Balaban J connectivity index is 2.02. The van der Waals surface area contributed by atoms with Gasteiger partial charge in [-0.2, -0.15) is 0 Å². The largest absolute Gasteiger partial charge is 0.304 e. The van der Waals surface area contributed by atoms with Gasteiger partial charge in [0.15, 0.2) is 0 Å². The Morgan fingerprint density at radius 2 is 1.82 bits per heavy atom. The van der Waals surface area contributed by atoms with Crippen molar-refractivity contribution in [3.63, 3.8) is 0 Å². The van der Waals surface area contributed by atoms with Gasteiger partial charge in [0.2, 0.25) is 0 Å². The molecule has 2 aromatic carbocycles. The number of rotatable bonds is 1. The molecule has 3 rings (SSSR count). The van der Waals surface area contributed by atoms with Gasteiger partial charge in [0.05, 0.1) is 6.54 Å². The Hall–Kier alpha value is -1.36. The molecular weight excluding hydrogens is 325 g/mol. The smallest absolute Gasteiger partial charge is 0.258 e. The van der Waals surface area contributed by atoms with Crippen LogP contribution in [0.1, 0.15) is 15.9 Å². The van der Waals surface area contributed by atoms with Gasteiger partial charge in [0, 0.05) is 14.8 Å². The lowest BCUT2D eigenvalue weighted by Gasteiger charge is -2.15. The molecular formula is C14H10INO. The molecule has 2 aromatic rings. The first kappa shape index (κ1) is 10.8. The van der Waals surface area contributed by atoms with Crippen molar-refractivity contribution in [3.8, 4) is 0 Å². The first-order chi connectivity index (χ1) is 8.25. The highest BCUT2D eigenvalue weighted by Gasteiger charge is 2.28. The SMILES string of the molecule is O=C1c2cc(I)ccc2CN1c1ccccc1. The molecule has 1 aliphatic heterocycles. The number of nitrogens with zero attached hydrogens (tertiary/aromatic N) is 1. The third-order valence-corrected chi connectivity index (χ3v) is 3.61. The summed E-state index contributed by atoms with van der Waals surface area (Å²) in [4.78, 5) is 14.1. The second-order valence-corrected chi connectivity index (χ2v) is 5.27. The van der Waals surface area contributed by atoms with Gasteiger partial charge in [-0.15, -0.1) is 0 Å². The summed E-state index contributed by atoms with van der Waals surface area (Å²) in [5.74, 6) is 0.102. The summed E-state index contributed by atoms with van der Waals surface area (Å²) < 4.78 is 1.10. The zero-order valence-electron chi connectivity index (χ0n) is 9.06. The Morgan fingerprint density at radius 3 is 2.59 bits per heavy atom. The molecule has 0 unspecified atom stereocenters. The third-order valence-electron chi connectivity index (χ3n) is 2.94. The monoisotopic (exact) mass is 335 g/mol. The molecule has 0 radical (unpaired) electrons. The van der Waals surface area contributed by atoms with Gasteiger partial charge in [0.1, 0.15) is 0 Å². The summed E-state index contributed by atoms with van der Waals surface area (Å²) in [6, 6.07) is 15.8. The van der Waals surface area contributed by atoms with Gasteiger partial charge in [-0.05, 0) is 52.4 Å². The van der Waals surface area contributed by atoms with E-state index in [9.17, 15) is 4.79 Å². The van der Waals surface area contributed by atoms with Crippen molar-refractivity contribution < 1.29 is 4.79 Å². The van der Waals surface area contributed by atoms with E-state index >= 15 is 0 Å². The van der Waals surface area contributed by atoms with Gasteiger partial charge < -0.3 is 4.90 Å². The normalized spacial score (nSPS) is 13.9. The molecule has 17 heavy (non-hydrogen) atoms. The molecule has 0 fully saturated rings. The standard InChI is InChI=1S/C14H10INO/c15-11-7-6-10-9-16(14(17)13(10)8-11)12-4-2-1-3-5-12/h1-8H,9H2. The first-order valence-corrected chi connectivity index (χ1v) is 6.49. The zero-order chi connectivity index (χ0) is 11.8. The van der Waals surface area contributed by atoms with Gasteiger partial charge in [-0.25, -0.2) is 0 Å². The van der Waals surface area contributed by atoms with E-state index in [1.807, 2.05) is 53.4 Å². The number of amides is 1. The van der Waals surface area contributed by atoms with Crippen molar-refractivity contribution >= 4 is 34.2 Å². The van der Waals surface area contributed by atoms with Gasteiger partial charge in [-0.1, -0.05) is 24.3 Å². The molecule has 0 aromatic heterocycles. The van der Waals surface area contributed by atoms with E-state index in [0.29, 0.717) is 6.54 Å². The Bertz CT molecular complexity index is 580. The van der Waals surface area contributed by atoms with Crippen molar-refractivity contribution in [1.82, 2.24) is 0 Å². The fraction of sp³-hybridized carbons (Fsp3) is 0.0714. The molecule has 1 amide bonds. The zero-order valence-corrected chi connectivity index (χ0v) is 11.2. The van der Waals surface area contributed by atoms with Crippen molar-refractivity contribution in [2.24, 2.45) is 0 Å². The number of anilines is 1. The van der Waals surface area contributed by atoms with E-state index in [1.165, 1.54) is 0 Å². The average Bonchev–Trinajstić information content (AvgIpc) is 2.68. The van der Waals surface area contributed by atoms with Crippen molar-refractivity contribution in [2.75, 3.05) is 4.90 Å². The van der Waals surface area contributed by atoms with Crippen LogP contribution in [0.4, 0.5) is 5.69 Å². The maximum absolute atomic E-state index is 12.3. The van der Waals surface area contributed by atoms with E-state index in [2.05, 4.69) is 22.6 Å². The molecule has 0 bridgehead atoms. The fourth-order valence-corrected chi connectivity index (χ4v) is 2.58. The van der Waals surface area contributed by atoms with Gasteiger partial charge >= 0.3 is 0 Å². The summed E-state index contributed by atoms with van der Waals surface area (Å²) in [5.41, 5.74) is 2.91. The lowest BCUT2D eigenvalue weighted by molar-refractivity contribution is 0.0996. The second-order valence-electron chi connectivity index (χ2n) is 4.03. The van der Waals surface area contributed by atoms with Crippen LogP contribution in [0.5, 0.6) is 0 Å². The highest BCUT2D eigenvalue weighted by Crippen LogP contribution is 2.28. The van der Waals surface area contributed by atoms with Crippen LogP contribution in [0.3, 0.4) is 0 Å². The number of halogens is 1. The molecule has 2 nitrogen and oxygen atoms in total. The molecule has 0 N–H and O–H groups in total. The molecule has 0 spiro atoms. The number of para-hydroxylation sites is 1. The third kappa shape index (κ3) is 1.84. The van der Waals surface area contributed by atoms with Crippen LogP contribution in [-0.2, 0) is 6.54 Å². The van der Waals surface area contributed by atoms with E-state index in [-0.39, 0.29) is 5.91 Å². The minimum atomic E-state index is 0.102. The van der Waals surface area contributed by atoms with E-state index in [1.54, 1.807) is 0 Å². The van der Waals surface area contributed by atoms with Gasteiger partial charge in [0.25, 0.3) is 5.91 Å². The Morgan fingerprint density at radius 1 is 1.06 bits per heavy atom. The van der Waals surface area contributed by atoms with Crippen molar-refractivity contribution in [1.29, 1.82) is 0 Å². The highest BCUT2D eigenvalue weighted by molar-refractivity contribution is 14.1. The predicted octanol–water partition coefficient (Wildman–Crippen LogP) is 3.45. The van der Waals surface area contributed by atoms with E-state index in [4.69, 9.17) is 0 Å². The first-order valence-electron chi connectivity index (χ1n) is 5.41. The number of hydrogen-bond donors (Lipinski definition) is 0. The summed E-state index contributed by atoms with van der Waals surface area (Å²) in [6.45, 7) is 0.676. The summed E-state index contributed by atoms with van der Waals surface area (Å²) >= 11 is 2.23. The van der Waals surface area contributed by atoms with E-state index < -0.39 is 0 Å². The number of carbonyl (C=O) groups excluding carboxylic acids is 1. The highest BCUT2D eigenvalue weighted by atomic mass is 127. The Labute approximate surface area is 113 Å². The molecule has 1 aliphatic rings. The van der Waals surface area contributed by atoms with Crippen LogP contribution in [-0.4, -0.2) is 5.91 Å². The maximum Gasteiger partial charge on any atom is 0.258 e. The molecule has 0 saturated carbocycles. The Kier molecular flexibility index (Phi) is 2.63. The molecule has 0 saturated heterocycles. The molecule has 0 atom stereocenters. The van der Waals surface area contributed by atoms with Crippen LogP contribution in [0.2, 0.25) is 0 Å². The minimum absolute atomic E-state index is 0.102. The number of carbonyl (C=O) groups is 1. The summed E-state index contributed by atoms with van der Waals surface area (Å²) in [5, 5.41) is 0. The second kappa shape index (κ2) is 4.14. The topological polar surface area (TPSA) is 20.3 Å². The lowest BCUT2D eigenvalue weighted by atomic mass is 10.1. The molecule has 0 aliphatic carbocycles. The fourth-order valence-electron chi connectivity index (χ4n) is 2.09. The van der Waals surface area contributed by atoms with Crippen LogP contribution < -0.4 is 4.90 Å². The minimum Gasteiger partial charge on any atom is -0.304 e. The molecule has 84 valence electrons. The van der Waals surface area contributed by atoms with Crippen molar-refractivity contribution in [2.45, 2.75) is 6.54 Å². The molecule has 3 heteroatoms. The summed E-state index contributed by atoms with van der Waals surface area (Å²) in [6.07, 6.45) is 0. The quantitative estimate of drug-likeness (QED) is 0.731. The number of benzene rings is 2. The van der Waals surface area contributed by atoms with Crippen LogP contribution >= 0.6 is 22.6 Å².